The van der Waals surface area contributed by atoms with Gasteiger partial charge in [0.1, 0.15) is 11.9 Å². The molecule has 1 unspecified atom stereocenters. The van der Waals surface area contributed by atoms with Gasteiger partial charge in [-0.15, -0.1) is 0 Å². The Hall–Kier alpha value is -3.13. The van der Waals surface area contributed by atoms with Crippen LogP contribution in [0.3, 0.4) is 0 Å². The third kappa shape index (κ3) is 5.82. The summed E-state index contributed by atoms with van der Waals surface area (Å²) in [5.74, 6) is -0.406. The molecule has 9 heteroatoms. The number of rotatable bonds is 6. The number of halogens is 2. The largest absolute Gasteiger partial charge is 0.390 e. The van der Waals surface area contributed by atoms with Gasteiger partial charge in [-0.05, 0) is 29.8 Å². The molecular weight excluding hydrogens is 447 g/mol. The molecule has 1 N–H and O–H groups in total. The normalized spacial score (nSPS) is 18.0. The summed E-state index contributed by atoms with van der Waals surface area (Å²) in [4.78, 5) is 32.8. The summed E-state index contributed by atoms with van der Waals surface area (Å²) in [5, 5.41) is 7.39. The lowest BCUT2D eigenvalue weighted by Crippen LogP contribution is -2.49. The highest BCUT2D eigenvalue weighted by molar-refractivity contribution is 6.30. The van der Waals surface area contributed by atoms with E-state index in [-0.39, 0.29) is 23.7 Å². The predicted molar refractivity (Wildman–Crippen MR) is 125 cm³/mol. The first-order valence-electron chi connectivity index (χ1n) is 10.9. The molecule has 2 amide bonds. The summed E-state index contributed by atoms with van der Waals surface area (Å²) in [6, 6.07) is 12.3. The molecule has 1 atom stereocenters. The van der Waals surface area contributed by atoms with E-state index in [1.807, 2.05) is 28.0 Å². The van der Waals surface area contributed by atoms with E-state index in [4.69, 9.17) is 16.4 Å². The summed E-state index contributed by atoms with van der Waals surface area (Å²) >= 11 is 5.90. The highest BCUT2D eigenvalue weighted by Gasteiger charge is 2.25. The minimum Gasteiger partial charge on any atom is -0.390 e. The van der Waals surface area contributed by atoms with Crippen molar-refractivity contribution in [3.05, 3.63) is 64.4 Å². The van der Waals surface area contributed by atoms with Crippen molar-refractivity contribution in [3.63, 3.8) is 0 Å². The molecule has 1 fully saturated rings. The SMILES string of the molecule is CC(=O)NCC1CC(c2ccc(N3CCN(C(=O)Cc4ccc(Cl)cc4)CC3)c(F)c2)=NO1. The Balaban J connectivity index is 1.31. The second-order valence-electron chi connectivity index (χ2n) is 8.24. The van der Waals surface area contributed by atoms with Gasteiger partial charge in [0.2, 0.25) is 11.8 Å². The Kier molecular flexibility index (Phi) is 7.13. The topological polar surface area (TPSA) is 74.2 Å². The van der Waals surface area contributed by atoms with E-state index in [0.717, 1.165) is 5.56 Å². The molecule has 7 nitrogen and oxygen atoms in total. The third-order valence-electron chi connectivity index (χ3n) is 5.83. The van der Waals surface area contributed by atoms with Crippen LogP contribution >= 0.6 is 11.6 Å². The second kappa shape index (κ2) is 10.2. The van der Waals surface area contributed by atoms with E-state index in [0.29, 0.717) is 67.6 Å². The van der Waals surface area contributed by atoms with Gasteiger partial charge in [-0.2, -0.15) is 0 Å². The molecule has 0 radical (unpaired) electrons. The van der Waals surface area contributed by atoms with Crippen molar-refractivity contribution >= 4 is 34.8 Å². The van der Waals surface area contributed by atoms with Crippen LogP contribution < -0.4 is 10.2 Å². The number of hydrogen-bond acceptors (Lipinski definition) is 5. The minimum atomic E-state index is -0.332. The first-order valence-corrected chi connectivity index (χ1v) is 11.3. The van der Waals surface area contributed by atoms with Crippen LogP contribution in [0.25, 0.3) is 0 Å². The Morgan fingerprint density at radius 1 is 1.15 bits per heavy atom. The van der Waals surface area contributed by atoms with Gasteiger partial charge in [-0.25, -0.2) is 4.39 Å². The average Bonchev–Trinajstić information content (AvgIpc) is 3.28. The Labute approximate surface area is 197 Å². The standard InChI is InChI=1S/C24H26ClFN4O3/c1-16(31)27-15-20-14-22(28-33-20)18-4-7-23(21(26)13-18)29-8-10-30(11-9-29)24(32)12-17-2-5-19(25)6-3-17/h2-7,13,20H,8-12,14-15H2,1H3,(H,27,31). The van der Waals surface area contributed by atoms with Gasteiger partial charge in [-0.3, -0.25) is 9.59 Å². The number of carbonyl (C=O) groups is 2. The van der Waals surface area contributed by atoms with Gasteiger partial charge in [0, 0.05) is 50.1 Å². The number of nitrogens with zero attached hydrogens (tertiary/aromatic N) is 3. The molecule has 1 saturated heterocycles. The van der Waals surface area contributed by atoms with Crippen LogP contribution in [0.4, 0.5) is 10.1 Å². The second-order valence-corrected chi connectivity index (χ2v) is 8.68. The summed E-state index contributed by atoms with van der Waals surface area (Å²) in [7, 11) is 0. The molecule has 33 heavy (non-hydrogen) atoms. The fourth-order valence-electron chi connectivity index (χ4n) is 3.99. The summed E-state index contributed by atoms with van der Waals surface area (Å²) in [6.07, 6.45) is 0.589. The number of anilines is 1. The third-order valence-corrected chi connectivity index (χ3v) is 6.09. The number of benzene rings is 2. The summed E-state index contributed by atoms with van der Waals surface area (Å²) in [5.41, 5.74) is 2.76. The van der Waals surface area contributed by atoms with Crippen LogP contribution in [0.5, 0.6) is 0 Å². The highest BCUT2D eigenvalue weighted by Crippen LogP contribution is 2.25. The maximum atomic E-state index is 14.9. The van der Waals surface area contributed by atoms with E-state index in [1.165, 1.54) is 13.0 Å². The molecule has 2 aliphatic heterocycles. The van der Waals surface area contributed by atoms with Gasteiger partial charge in [0.05, 0.1) is 24.4 Å². The smallest absolute Gasteiger partial charge is 0.227 e. The van der Waals surface area contributed by atoms with Crippen molar-refractivity contribution in [2.75, 3.05) is 37.6 Å². The van der Waals surface area contributed by atoms with Crippen molar-refractivity contribution in [2.45, 2.75) is 25.9 Å². The molecule has 4 rings (SSSR count). The lowest BCUT2D eigenvalue weighted by atomic mass is 10.0. The van der Waals surface area contributed by atoms with Crippen molar-refractivity contribution in [2.24, 2.45) is 5.16 Å². The van der Waals surface area contributed by atoms with Crippen LogP contribution in [-0.4, -0.2) is 61.3 Å². The first-order chi connectivity index (χ1) is 15.9. The molecule has 0 bridgehead atoms. The summed E-state index contributed by atoms with van der Waals surface area (Å²) < 4.78 is 14.9. The lowest BCUT2D eigenvalue weighted by molar-refractivity contribution is -0.130. The number of amides is 2. The van der Waals surface area contributed by atoms with Gasteiger partial charge in [0.15, 0.2) is 0 Å². The monoisotopic (exact) mass is 472 g/mol. The number of hydrogen-bond donors (Lipinski definition) is 1. The van der Waals surface area contributed by atoms with Crippen molar-refractivity contribution in [1.29, 1.82) is 0 Å². The van der Waals surface area contributed by atoms with Crippen LogP contribution in [0, 0.1) is 5.82 Å². The molecule has 174 valence electrons. The summed E-state index contributed by atoms with van der Waals surface area (Å²) in [6.45, 7) is 4.01. The maximum Gasteiger partial charge on any atom is 0.227 e. The van der Waals surface area contributed by atoms with Crippen LogP contribution in [0.1, 0.15) is 24.5 Å². The Morgan fingerprint density at radius 3 is 2.55 bits per heavy atom. The molecule has 2 aliphatic rings. The molecule has 0 saturated carbocycles. The van der Waals surface area contributed by atoms with Crippen LogP contribution in [0.2, 0.25) is 5.02 Å². The molecule has 0 spiro atoms. The average molecular weight is 473 g/mol. The van der Waals surface area contributed by atoms with Crippen molar-refractivity contribution in [1.82, 2.24) is 10.2 Å². The first kappa shape index (κ1) is 23.0. The van der Waals surface area contributed by atoms with Gasteiger partial charge in [-0.1, -0.05) is 35.0 Å². The molecule has 2 heterocycles. The van der Waals surface area contributed by atoms with E-state index in [9.17, 15) is 14.0 Å². The van der Waals surface area contributed by atoms with E-state index < -0.39 is 0 Å². The van der Waals surface area contributed by atoms with E-state index in [1.54, 1.807) is 18.2 Å². The Bertz CT molecular complexity index is 1050. The van der Waals surface area contributed by atoms with E-state index in [2.05, 4.69) is 10.5 Å². The van der Waals surface area contributed by atoms with Crippen molar-refractivity contribution in [3.8, 4) is 0 Å². The van der Waals surface area contributed by atoms with Crippen molar-refractivity contribution < 1.29 is 18.8 Å². The van der Waals surface area contributed by atoms with Gasteiger partial charge < -0.3 is 20.0 Å². The molecular formula is C24H26ClFN4O3. The van der Waals surface area contributed by atoms with Crippen LogP contribution in [0.15, 0.2) is 47.6 Å². The number of piperazine rings is 1. The molecule has 0 aromatic heterocycles. The van der Waals surface area contributed by atoms with E-state index >= 15 is 0 Å². The highest BCUT2D eigenvalue weighted by atomic mass is 35.5. The lowest BCUT2D eigenvalue weighted by Gasteiger charge is -2.36. The molecule has 0 aliphatic carbocycles. The molecule has 2 aromatic rings. The Morgan fingerprint density at radius 2 is 1.88 bits per heavy atom. The molecule has 2 aromatic carbocycles. The zero-order valence-corrected chi connectivity index (χ0v) is 19.1. The fraction of sp³-hybridized carbons (Fsp3) is 0.375. The number of nitrogens with one attached hydrogen (secondary N) is 1. The minimum absolute atomic E-state index is 0.0563. The zero-order chi connectivity index (χ0) is 23.4. The fourth-order valence-corrected chi connectivity index (χ4v) is 4.12. The maximum absolute atomic E-state index is 14.9. The predicted octanol–water partition coefficient (Wildman–Crippen LogP) is 3.00. The van der Waals surface area contributed by atoms with Crippen LogP contribution in [-0.2, 0) is 20.8 Å². The quantitative estimate of drug-likeness (QED) is 0.701. The van der Waals surface area contributed by atoms with Gasteiger partial charge >= 0.3 is 0 Å². The number of carbonyl (C=O) groups excluding carboxylic acids is 2. The zero-order valence-electron chi connectivity index (χ0n) is 18.4. The van der Waals surface area contributed by atoms with Gasteiger partial charge in [0.25, 0.3) is 0 Å². The number of oxime groups is 1.